The van der Waals surface area contributed by atoms with Crippen LogP contribution < -0.4 is 9.64 Å². The predicted molar refractivity (Wildman–Crippen MR) is 107 cm³/mol. The Morgan fingerprint density at radius 2 is 1.38 bits per heavy atom. The molecule has 0 radical (unpaired) electrons. The van der Waals surface area contributed by atoms with Gasteiger partial charge in [-0.2, -0.15) is 0 Å². The van der Waals surface area contributed by atoms with Crippen LogP contribution in [0.3, 0.4) is 0 Å². The van der Waals surface area contributed by atoms with Crippen molar-refractivity contribution in [1.29, 1.82) is 0 Å². The fourth-order valence-corrected chi connectivity index (χ4v) is 4.32. The molecule has 0 aromatic heterocycles. The van der Waals surface area contributed by atoms with Crippen LogP contribution in [0.25, 0.3) is 0 Å². The Bertz CT molecular complexity index is 928. The van der Waals surface area contributed by atoms with Crippen LogP contribution >= 0.6 is 0 Å². The molecule has 3 aromatic rings. The van der Waals surface area contributed by atoms with Crippen molar-refractivity contribution in [2.75, 3.05) is 11.5 Å². The molecule has 2 aliphatic rings. The van der Waals surface area contributed by atoms with Gasteiger partial charge in [0.2, 0.25) is 0 Å². The number of aryl methyl sites for hydroxylation is 3. The van der Waals surface area contributed by atoms with Gasteiger partial charge in [-0.3, -0.25) is 0 Å². The number of para-hydroxylation sites is 2. The van der Waals surface area contributed by atoms with Gasteiger partial charge in [0.1, 0.15) is 5.75 Å². The molecule has 0 unspecified atom stereocenters. The van der Waals surface area contributed by atoms with Crippen molar-refractivity contribution in [3.8, 4) is 5.75 Å². The maximum Gasteiger partial charge on any atom is 0.146 e. The third-order valence-corrected chi connectivity index (χ3v) is 5.66. The lowest BCUT2D eigenvalue weighted by molar-refractivity contribution is 0.289. The molecule has 0 amide bonds. The molecule has 0 N–H and O–H groups in total. The Morgan fingerprint density at radius 1 is 0.731 bits per heavy atom. The van der Waals surface area contributed by atoms with E-state index in [-0.39, 0.29) is 0 Å². The molecule has 2 aliphatic heterocycles. The largest absolute Gasteiger partial charge is 0.491 e. The fraction of sp³-hybridized carbons (Fsp3) is 0.250. The monoisotopic (exact) mass is 341 g/mol. The summed E-state index contributed by atoms with van der Waals surface area (Å²) < 4.78 is 6.22. The minimum absolute atomic E-state index is 0.806. The Morgan fingerprint density at radius 3 is 2.08 bits per heavy atom. The van der Waals surface area contributed by atoms with Crippen LogP contribution in [0, 0.1) is 6.92 Å². The quantitative estimate of drug-likeness (QED) is 0.547. The van der Waals surface area contributed by atoms with Gasteiger partial charge in [0.15, 0.2) is 0 Å². The van der Waals surface area contributed by atoms with Gasteiger partial charge in [0, 0.05) is 11.4 Å². The molecular formula is C24H23NO. The van der Waals surface area contributed by atoms with Gasteiger partial charge in [-0.15, -0.1) is 0 Å². The first-order valence-corrected chi connectivity index (χ1v) is 9.54. The summed E-state index contributed by atoms with van der Waals surface area (Å²) in [5.41, 5.74) is 9.22. The number of hydrogen-bond donors (Lipinski definition) is 0. The van der Waals surface area contributed by atoms with Crippen LogP contribution in [-0.4, -0.2) is 6.61 Å². The standard InChI is InChI=1S/C24H23NO/c1-17-12-15-23(24-20(17)9-6-16-26-24)25-21-10-4-2-7-18(21)13-14-19-8-3-5-11-22(19)25/h2-5,7-8,10-12,15H,6,9,13-14,16H2,1H3. The Kier molecular flexibility index (Phi) is 3.70. The third kappa shape index (κ3) is 2.40. The van der Waals surface area contributed by atoms with Gasteiger partial charge in [0.05, 0.1) is 12.3 Å². The van der Waals surface area contributed by atoms with Crippen molar-refractivity contribution < 1.29 is 4.74 Å². The summed E-state index contributed by atoms with van der Waals surface area (Å²) >= 11 is 0. The van der Waals surface area contributed by atoms with E-state index in [0.29, 0.717) is 0 Å². The summed E-state index contributed by atoms with van der Waals surface area (Å²) in [6.45, 7) is 3.00. The van der Waals surface area contributed by atoms with Crippen molar-refractivity contribution in [2.45, 2.75) is 32.6 Å². The lowest BCUT2D eigenvalue weighted by Crippen LogP contribution is -2.17. The highest BCUT2D eigenvalue weighted by molar-refractivity contribution is 5.85. The maximum atomic E-state index is 6.22. The summed E-state index contributed by atoms with van der Waals surface area (Å²) in [7, 11) is 0. The molecule has 2 heteroatoms. The molecule has 0 saturated heterocycles. The fourth-order valence-electron chi connectivity index (χ4n) is 4.32. The first-order valence-electron chi connectivity index (χ1n) is 9.54. The molecule has 0 saturated carbocycles. The summed E-state index contributed by atoms with van der Waals surface area (Å²) in [6.07, 6.45) is 4.34. The molecule has 0 fully saturated rings. The Hall–Kier alpha value is -2.74. The number of nitrogens with zero attached hydrogens (tertiary/aromatic N) is 1. The van der Waals surface area contributed by atoms with Gasteiger partial charge in [-0.1, -0.05) is 42.5 Å². The molecule has 2 heterocycles. The summed E-state index contributed by atoms with van der Waals surface area (Å²) in [5.74, 6) is 1.07. The predicted octanol–water partition coefficient (Wildman–Crippen LogP) is 5.89. The molecule has 130 valence electrons. The zero-order valence-corrected chi connectivity index (χ0v) is 15.2. The second-order valence-corrected chi connectivity index (χ2v) is 7.25. The van der Waals surface area contributed by atoms with E-state index in [1.54, 1.807) is 0 Å². The zero-order valence-electron chi connectivity index (χ0n) is 15.2. The van der Waals surface area contributed by atoms with E-state index in [2.05, 4.69) is 72.5 Å². The van der Waals surface area contributed by atoms with Gasteiger partial charge >= 0.3 is 0 Å². The van der Waals surface area contributed by atoms with Crippen molar-refractivity contribution in [1.82, 2.24) is 0 Å². The molecule has 2 nitrogen and oxygen atoms in total. The maximum absolute atomic E-state index is 6.22. The van der Waals surface area contributed by atoms with E-state index < -0.39 is 0 Å². The highest BCUT2D eigenvalue weighted by Crippen LogP contribution is 2.47. The molecule has 0 bridgehead atoms. The SMILES string of the molecule is Cc1ccc(N2c3ccccc3CCc3ccccc32)c2c1CCCO2. The van der Waals surface area contributed by atoms with Crippen LogP contribution in [0.5, 0.6) is 5.75 Å². The Balaban J connectivity index is 1.79. The second-order valence-electron chi connectivity index (χ2n) is 7.25. The molecule has 0 spiro atoms. The van der Waals surface area contributed by atoms with Crippen molar-refractivity contribution in [3.05, 3.63) is 82.9 Å². The van der Waals surface area contributed by atoms with Crippen LogP contribution in [-0.2, 0) is 19.3 Å². The number of rotatable bonds is 1. The molecule has 26 heavy (non-hydrogen) atoms. The number of benzene rings is 3. The van der Waals surface area contributed by atoms with E-state index in [0.717, 1.165) is 38.0 Å². The molecular weight excluding hydrogens is 318 g/mol. The van der Waals surface area contributed by atoms with E-state index in [1.165, 1.54) is 39.3 Å². The highest BCUT2D eigenvalue weighted by Gasteiger charge is 2.27. The van der Waals surface area contributed by atoms with Gasteiger partial charge in [0.25, 0.3) is 0 Å². The topological polar surface area (TPSA) is 12.5 Å². The van der Waals surface area contributed by atoms with Gasteiger partial charge < -0.3 is 9.64 Å². The minimum atomic E-state index is 0.806. The van der Waals surface area contributed by atoms with Crippen LogP contribution in [0.2, 0.25) is 0 Å². The van der Waals surface area contributed by atoms with Gasteiger partial charge in [-0.05, 0) is 73.1 Å². The number of ether oxygens (including phenoxy) is 1. The minimum Gasteiger partial charge on any atom is -0.491 e. The van der Waals surface area contributed by atoms with Crippen LogP contribution in [0.4, 0.5) is 17.1 Å². The summed E-state index contributed by atoms with van der Waals surface area (Å²) in [6, 6.07) is 22.1. The number of hydrogen-bond acceptors (Lipinski definition) is 2. The molecule has 3 aromatic carbocycles. The van der Waals surface area contributed by atoms with Crippen LogP contribution in [0.1, 0.15) is 28.7 Å². The van der Waals surface area contributed by atoms with Crippen molar-refractivity contribution in [2.24, 2.45) is 0 Å². The summed E-state index contributed by atoms with van der Waals surface area (Å²) in [4.78, 5) is 2.42. The summed E-state index contributed by atoms with van der Waals surface area (Å²) in [5, 5.41) is 0. The van der Waals surface area contributed by atoms with E-state index in [1.807, 2.05) is 0 Å². The zero-order chi connectivity index (χ0) is 17.5. The third-order valence-electron chi connectivity index (χ3n) is 5.66. The average Bonchev–Trinajstić information content (AvgIpc) is 2.86. The first-order chi connectivity index (χ1) is 12.8. The normalized spacial score (nSPS) is 15.3. The smallest absolute Gasteiger partial charge is 0.146 e. The lowest BCUT2D eigenvalue weighted by atomic mass is 9.98. The van der Waals surface area contributed by atoms with E-state index in [9.17, 15) is 0 Å². The molecule has 0 atom stereocenters. The number of fused-ring (bicyclic) bond motifs is 3. The van der Waals surface area contributed by atoms with Crippen LogP contribution in [0.15, 0.2) is 60.7 Å². The van der Waals surface area contributed by atoms with Gasteiger partial charge in [-0.25, -0.2) is 0 Å². The molecule has 0 aliphatic carbocycles. The second kappa shape index (κ2) is 6.21. The van der Waals surface area contributed by atoms with Crippen molar-refractivity contribution in [3.63, 3.8) is 0 Å². The Labute approximate surface area is 155 Å². The number of anilines is 3. The highest BCUT2D eigenvalue weighted by atomic mass is 16.5. The van der Waals surface area contributed by atoms with E-state index >= 15 is 0 Å². The van der Waals surface area contributed by atoms with E-state index in [4.69, 9.17) is 4.74 Å². The van der Waals surface area contributed by atoms with Crippen molar-refractivity contribution >= 4 is 17.1 Å². The average molecular weight is 341 g/mol. The lowest BCUT2D eigenvalue weighted by Gasteiger charge is -2.31. The molecule has 5 rings (SSSR count). The first kappa shape index (κ1) is 15.5.